The molecule has 2 heterocycles. The summed E-state index contributed by atoms with van der Waals surface area (Å²) in [5.74, 6) is 0.489. The van der Waals surface area contributed by atoms with Crippen LogP contribution in [0, 0.1) is 10.5 Å². The minimum Gasteiger partial charge on any atom is -0.304 e. The van der Waals surface area contributed by atoms with Crippen molar-refractivity contribution in [1.82, 2.24) is 15.0 Å². The monoisotopic (exact) mass is 389 g/mol. The van der Waals surface area contributed by atoms with Crippen molar-refractivity contribution < 1.29 is 0 Å². The van der Waals surface area contributed by atoms with Crippen LogP contribution in [0.5, 0.6) is 0 Å². The Hall–Kier alpha value is -2.02. The van der Waals surface area contributed by atoms with Gasteiger partial charge in [0.2, 0.25) is 0 Å². The quantitative estimate of drug-likeness (QED) is 0.684. The fourth-order valence-electron chi connectivity index (χ4n) is 2.04. The van der Waals surface area contributed by atoms with Gasteiger partial charge in [-0.15, -0.1) is 0 Å². The molecule has 5 heteroatoms. The fraction of sp³-hybridized carbons (Fsp3) is 0.0625. The lowest BCUT2D eigenvalue weighted by Crippen LogP contribution is -2.14. The van der Waals surface area contributed by atoms with Crippen LogP contribution in [0.3, 0.4) is 0 Å². The SMILES string of the molecule is Cc1cccc(-c2nc(-c3ccccc3)c(I)c(=O)[nH]2)n1. The molecule has 0 radical (unpaired) electrons. The lowest BCUT2D eigenvalue weighted by atomic mass is 10.1. The largest absolute Gasteiger partial charge is 0.304 e. The van der Waals surface area contributed by atoms with Gasteiger partial charge in [-0.2, -0.15) is 0 Å². The van der Waals surface area contributed by atoms with Gasteiger partial charge >= 0.3 is 0 Å². The molecular formula is C16H12IN3O. The maximum atomic E-state index is 12.2. The van der Waals surface area contributed by atoms with Gasteiger partial charge in [0, 0.05) is 11.3 Å². The lowest BCUT2D eigenvalue weighted by molar-refractivity contribution is 1.08. The van der Waals surface area contributed by atoms with Gasteiger partial charge in [0.1, 0.15) is 9.26 Å². The Balaban J connectivity index is 2.21. The highest BCUT2D eigenvalue weighted by molar-refractivity contribution is 14.1. The molecule has 0 spiro atoms. The summed E-state index contributed by atoms with van der Waals surface area (Å²) in [6.07, 6.45) is 0. The first kappa shape index (κ1) is 13.9. The third-order valence-electron chi connectivity index (χ3n) is 3.04. The van der Waals surface area contributed by atoms with Gasteiger partial charge in [-0.3, -0.25) is 4.79 Å². The van der Waals surface area contributed by atoms with Crippen molar-refractivity contribution in [2.24, 2.45) is 0 Å². The van der Waals surface area contributed by atoms with Crippen molar-refractivity contribution in [2.75, 3.05) is 0 Å². The highest BCUT2D eigenvalue weighted by Crippen LogP contribution is 2.22. The van der Waals surface area contributed by atoms with Crippen LogP contribution in [0.1, 0.15) is 5.69 Å². The molecule has 0 saturated carbocycles. The van der Waals surface area contributed by atoms with Gasteiger partial charge < -0.3 is 4.98 Å². The van der Waals surface area contributed by atoms with Crippen molar-refractivity contribution in [3.05, 3.63) is 68.1 Å². The number of nitrogens with one attached hydrogen (secondary N) is 1. The topological polar surface area (TPSA) is 58.6 Å². The standard InChI is InChI=1S/C16H12IN3O/c1-10-6-5-9-12(18-10)15-19-14(13(17)16(21)20-15)11-7-3-2-4-8-11/h2-9H,1H3,(H,19,20,21). The van der Waals surface area contributed by atoms with Crippen LogP contribution in [0.25, 0.3) is 22.8 Å². The number of benzene rings is 1. The molecule has 1 N–H and O–H groups in total. The first-order chi connectivity index (χ1) is 10.1. The van der Waals surface area contributed by atoms with Crippen molar-refractivity contribution >= 4 is 22.6 Å². The second-order valence-electron chi connectivity index (χ2n) is 4.61. The Bertz CT molecular complexity index is 844. The highest BCUT2D eigenvalue weighted by atomic mass is 127. The zero-order valence-corrected chi connectivity index (χ0v) is 13.5. The number of halogens is 1. The van der Waals surface area contributed by atoms with Crippen LogP contribution in [0.15, 0.2) is 53.3 Å². The van der Waals surface area contributed by atoms with Crippen LogP contribution >= 0.6 is 22.6 Å². The maximum Gasteiger partial charge on any atom is 0.265 e. The predicted molar refractivity (Wildman–Crippen MR) is 91.0 cm³/mol. The second-order valence-corrected chi connectivity index (χ2v) is 5.69. The molecule has 1 aromatic carbocycles. The number of hydrogen-bond acceptors (Lipinski definition) is 3. The molecular weight excluding hydrogens is 377 g/mol. The number of aryl methyl sites for hydroxylation is 1. The van der Waals surface area contributed by atoms with E-state index in [1.54, 1.807) is 0 Å². The van der Waals surface area contributed by atoms with E-state index in [9.17, 15) is 4.79 Å². The summed E-state index contributed by atoms with van der Waals surface area (Å²) in [5.41, 5.74) is 3.00. The number of hydrogen-bond donors (Lipinski definition) is 1. The van der Waals surface area contributed by atoms with Gasteiger partial charge in [0.05, 0.1) is 5.69 Å². The van der Waals surface area contributed by atoms with Crippen molar-refractivity contribution in [3.8, 4) is 22.8 Å². The van der Waals surface area contributed by atoms with E-state index in [1.807, 2.05) is 78.0 Å². The summed E-state index contributed by atoms with van der Waals surface area (Å²) < 4.78 is 0.579. The Labute approximate surface area is 135 Å². The maximum absolute atomic E-state index is 12.2. The molecule has 0 bridgehead atoms. The zero-order valence-electron chi connectivity index (χ0n) is 11.3. The predicted octanol–water partition coefficient (Wildman–Crippen LogP) is 3.41. The average molecular weight is 389 g/mol. The van der Waals surface area contributed by atoms with E-state index in [0.29, 0.717) is 20.8 Å². The van der Waals surface area contributed by atoms with Crippen LogP contribution in [0.2, 0.25) is 0 Å². The number of pyridine rings is 1. The number of rotatable bonds is 2. The van der Waals surface area contributed by atoms with E-state index < -0.39 is 0 Å². The molecule has 3 aromatic rings. The van der Waals surface area contributed by atoms with E-state index in [-0.39, 0.29) is 5.56 Å². The lowest BCUT2D eigenvalue weighted by Gasteiger charge is -2.07. The minimum absolute atomic E-state index is 0.150. The van der Waals surface area contributed by atoms with Gasteiger partial charge in [-0.1, -0.05) is 36.4 Å². The van der Waals surface area contributed by atoms with Crippen molar-refractivity contribution in [1.29, 1.82) is 0 Å². The van der Waals surface area contributed by atoms with Crippen LogP contribution in [-0.2, 0) is 0 Å². The zero-order chi connectivity index (χ0) is 14.8. The van der Waals surface area contributed by atoms with Crippen LogP contribution in [-0.4, -0.2) is 15.0 Å². The Morgan fingerprint density at radius 3 is 2.48 bits per heavy atom. The molecule has 104 valence electrons. The second kappa shape index (κ2) is 5.77. The van der Waals surface area contributed by atoms with E-state index in [1.165, 1.54) is 0 Å². The van der Waals surface area contributed by atoms with Gasteiger partial charge in [0.25, 0.3) is 5.56 Å². The molecule has 0 fully saturated rings. The number of aromatic nitrogens is 3. The van der Waals surface area contributed by atoms with Gasteiger partial charge in [0.15, 0.2) is 5.82 Å². The molecule has 0 aliphatic rings. The summed E-state index contributed by atoms with van der Waals surface area (Å²) in [7, 11) is 0. The van der Waals surface area contributed by atoms with Crippen LogP contribution < -0.4 is 5.56 Å². The highest BCUT2D eigenvalue weighted by Gasteiger charge is 2.12. The molecule has 0 aliphatic heterocycles. The van der Waals surface area contributed by atoms with Gasteiger partial charge in [-0.05, 0) is 41.6 Å². The number of aromatic amines is 1. The Morgan fingerprint density at radius 2 is 1.76 bits per heavy atom. The Morgan fingerprint density at radius 1 is 1.00 bits per heavy atom. The molecule has 2 aromatic heterocycles. The fourth-order valence-corrected chi connectivity index (χ4v) is 2.61. The van der Waals surface area contributed by atoms with E-state index in [2.05, 4.69) is 15.0 Å². The number of H-pyrrole nitrogens is 1. The van der Waals surface area contributed by atoms with Crippen LogP contribution in [0.4, 0.5) is 0 Å². The summed E-state index contributed by atoms with van der Waals surface area (Å²) in [5, 5.41) is 0. The number of nitrogens with zero attached hydrogens (tertiary/aromatic N) is 2. The molecule has 0 amide bonds. The van der Waals surface area contributed by atoms with E-state index in [4.69, 9.17) is 0 Å². The first-order valence-corrected chi connectivity index (χ1v) is 7.52. The molecule has 0 atom stereocenters. The molecule has 0 unspecified atom stereocenters. The molecule has 21 heavy (non-hydrogen) atoms. The van der Waals surface area contributed by atoms with E-state index >= 15 is 0 Å². The molecule has 0 aliphatic carbocycles. The third kappa shape index (κ3) is 2.87. The summed E-state index contributed by atoms with van der Waals surface area (Å²) in [6, 6.07) is 15.3. The Kier molecular flexibility index (Phi) is 3.83. The normalized spacial score (nSPS) is 10.6. The molecule has 0 saturated heterocycles. The van der Waals surface area contributed by atoms with Crippen molar-refractivity contribution in [3.63, 3.8) is 0 Å². The summed E-state index contributed by atoms with van der Waals surface area (Å²) in [4.78, 5) is 24.0. The first-order valence-electron chi connectivity index (χ1n) is 6.44. The van der Waals surface area contributed by atoms with Gasteiger partial charge in [-0.25, -0.2) is 9.97 Å². The summed E-state index contributed by atoms with van der Waals surface area (Å²) >= 11 is 2.02. The molecule has 3 rings (SSSR count). The van der Waals surface area contributed by atoms with Crippen molar-refractivity contribution in [2.45, 2.75) is 6.92 Å². The minimum atomic E-state index is -0.150. The molecule has 4 nitrogen and oxygen atoms in total. The summed E-state index contributed by atoms with van der Waals surface area (Å²) in [6.45, 7) is 1.91. The van der Waals surface area contributed by atoms with E-state index in [0.717, 1.165) is 11.3 Å². The smallest absolute Gasteiger partial charge is 0.265 e. The average Bonchev–Trinajstić information content (AvgIpc) is 2.51. The third-order valence-corrected chi connectivity index (χ3v) is 4.04.